The lowest BCUT2D eigenvalue weighted by Crippen LogP contribution is -2.31. The number of aryl methyl sites for hydroxylation is 2. The van der Waals surface area contributed by atoms with E-state index in [1.807, 2.05) is 0 Å². The number of nitrogens with zero attached hydrogens (tertiary/aromatic N) is 4. The second kappa shape index (κ2) is 5.62. The van der Waals surface area contributed by atoms with Gasteiger partial charge in [-0.1, -0.05) is 0 Å². The zero-order valence-corrected chi connectivity index (χ0v) is 12.6. The molecular weight excluding hydrogens is 290 g/mol. The molecule has 0 N–H and O–H groups in total. The molecule has 118 valence electrons. The summed E-state index contributed by atoms with van der Waals surface area (Å²) in [6.07, 6.45) is -0.565. The molecule has 0 spiro atoms. The SMILES string of the molecule is Cc1cc(C(F)F)c2c(C)nn(CC(=O)N3CCCC3)c2n1. The number of carbonyl (C=O) groups excluding carboxylic acids is 1. The van der Waals surface area contributed by atoms with Crippen molar-refractivity contribution < 1.29 is 13.6 Å². The first kappa shape index (κ1) is 14.9. The summed E-state index contributed by atoms with van der Waals surface area (Å²) < 4.78 is 27.9. The van der Waals surface area contributed by atoms with Crippen molar-refractivity contribution >= 4 is 16.9 Å². The van der Waals surface area contributed by atoms with E-state index in [1.165, 1.54) is 10.7 Å². The van der Waals surface area contributed by atoms with Crippen LogP contribution in [0.4, 0.5) is 8.78 Å². The maximum atomic E-state index is 13.2. The van der Waals surface area contributed by atoms with Crippen LogP contribution < -0.4 is 0 Å². The summed E-state index contributed by atoms with van der Waals surface area (Å²) in [6, 6.07) is 1.38. The Kier molecular flexibility index (Phi) is 3.80. The molecule has 2 aromatic rings. The van der Waals surface area contributed by atoms with Crippen LogP contribution in [-0.2, 0) is 11.3 Å². The first-order chi connectivity index (χ1) is 10.5. The fourth-order valence-electron chi connectivity index (χ4n) is 2.99. The van der Waals surface area contributed by atoms with Gasteiger partial charge in [0.15, 0.2) is 5.65 Å². The number of halogens is 2. The largest absolute Gasteiger partial charge is 0.341 e. The van der Waals surface area contributed by atoms with Gasteiger partial charge in [0.1, 0.15) is 6.54 Å². The van der Waals surface area contributed by atoms with E-state index >= 15 is 0 Å². The molecule has 2 aromatic heterocycles. The molecule has 22 heavy (non-hydrogen) atoms. The molecule has 0 atom stereocenters. The van der Waals surface area contributed by atoms with Gasteiger partial charge in [0, 0.05) is 24.3 Å². The number of alkyl halides is 2. The van der Waals surface area contributed by atoms with Crippen LogP contribution in [0.1, 0.15) is 36.2 Å². The number of carbonyl (C=O) groups is 1. The average Bonchev–Trinajstić information content (AvgIpc) is 3.07. The molecule has 0 bridgehead atoms. The zero-order chi connectivity index (χ0) is 15.9. The lowest BCUT2D eigenvalue weighted by atomic mass is 10.1. The van der Waals surface area contributed by atoms with E-state index in [0.29, 0.717) is 22.4 Å². The Morgan fingerprint density at radius 1 is 1.32 bits per heavy atom. The minimum Gasteiger partial charge on any atom is -0.341 e. The van der Waals surface area contributed by atoms with Crippen molar-refractivity contribution in [3.63, 3.8) is 0 Å². The van der Waals surface area contributed by atoms with Crippen molar-refractivity contribution in [2.75, 3.05) is 13.1 Å². The number of hydrogen-bond acceptors (Lipinski definition) is 3. The molecule has 1 aliphatic rings. The number of rotatable bonds is 3. The first-order valence-corrected chi connectivity index (χ1v) is 7.38. The number of pyridine rings is 1. The van der Waals surface area contributed by atoms with Crippen LogP contribution in [0.15, 0.2) is 6.07 Å². The first-order valence-electron chi connectivity index (χ1n) is 7.38. The molecule has 0 aromatic carbocycles. The minimum atomic E-state index is -2.59. The highest BCUT2D eigenvalue weighted by Gasteiger charge is 2.23. The molecule has 3 rings (SSSR count). The van der Waals surface area contributed by atoms with Gasteiger partial charge >= 0.3 is 0 Å². The van der Waals surface area contributed by atoms with Gasteiger partial charge in [-0.3, -0.25) is 4.79 Å². The monoisotopic (exact) mass is 308 g/mol. The van der Waals surface area contributed by atoms with Gasteiger partial charge in [-0.2, -0.15) is 5.10 Å². The van der Waals surface area contributed by atoms with E-state index in [4.69, 9.17) is 0 Å². The molecule has 1 aliphatic heterocycles. The van der Waals surface area contributed by atoms with Crippen molar-refractivity contribution in [3.05, 3.63) is 23.0 Å². The molecule has 0 aliphatic carbocycles. The lowest BCUT2D eigenvalue weighted by Gasteiger charge is -2.15. The van der Waals surface area contributed by atoms with Crippen molar-refractivity contribution in [1.29, 1.82) is 0 Å². The topological polar surface area (TPSA) is 51.0 Å². The molecule has 1 amide bonds. The van der Waals surface area contributed by atoms with E-state index < -0.39 is 6.43 Å². The molecule has 1 fully saturated rings. The molecule has 0 radical (unpaired) electrons. The van der Waals surface area contributed by atoms with Gasteiger partial charge in [0.25, 0.3) is 6.43 Å². The van der Waals surface area contributed by atoms with Gasteiger partial charge in [-0.05, 0) is 32.8 Å². The van der Waals surface area contributed by atoms with Crippen LogP contribution in [0.5, 0.6) is 0 Å². The highest BCUT2D eigenvalue weighted by molar-refractivity contribution is 5.84. The van der Waals surface area contributed by atoms with E-state index in [0.717, 1.165) is 25.9 Å². The lowest BCUT2D eigenvalue weighted by molar-refractivity contribution is -0.130. The van der Waals surface area contributed by atoms with Crippen molar-refractivity contribution in [2.45, 2.75) is 39.7 Å². The van der Waals surface area contributed by atoms with Crippen molar-refractivity contribution in [2.24, 2.45) is 0 Å². The Morgan fingerprint density at radius 3 is 2.64 bits per heavy atom. The summed E-state index contributed by atoms with van der Waals surface area (Å²) in [5, 5.41) is 4.61. The van der Waals surface area contributed by atoms with Crippen LogP contribution in [0.2, 0.25) is 0 Å². The highest BCUT2D eigenvalue weighted by Crippen LogP contribution is 2.30. The third kappa shape index (κ3) is 2.55. The molecule has 0 unspecified atom stereocenters. The van der Waals surface area contributed by atoms with Crippen molar-refractivity contribution in [3.8, 4) is 0 Å². The van der Waals surface area contributed by atoms with Gasteiger partial charge in [0.05, 0.1) is 11.1 Å². The summed E-state index contributed by atoms with van der Waals surface area (Å²) in [5.41, 5.74) is 1.27. The Labute approximate surface area is 126 Å². The van der Waals surface area contributed by atoms with Crippen LogP contribution >= 0.6 is 0 Å². The number of aromatic nitrogens is 3. The summed E-state index contributed by atoms with van der Waals surface area (Å²) in [7, 11) is 0. The summed E-state index contributed by atoms with van der Waals surface area (Å²) in [6.45, 7) is 4.89. The van der Waals surface area contributed by atoms with Crippen LogP contribution in [0, 0.1) is 13.8 Å². The molecule has 5 nitrogen and oxygen atoms in total. The molecular formula is C15H18F2N4O. The van der Waals surface area contributed by atoms with Gasteiger partial charge < -0.3 is 4.90 Å². The van der Waals surface area contributed by atoms with Crippen molar-refractivity contribution in [1.82, 2.24) is 19.7 Å². The molecule has 0 saturated carbocycles. The summed E-state index contributed by atoms with van der Waals surface area (Å²) in [5.74, 6) is -0.0381. The van der Waals surface area contributed by atoms with E-state index in [-0.39, 0.29) is 18.0 Å². The van der Waals surface area contributed by atoms with E-state index in [1.54, 1.807) is 18.7 Å². The van der Waals surface area contributed by atoms with Gasteiger partial charge in [-0.25, -0.2) is 18.4 Å². The van der Waals surface area contributed by atoms with Gasteiger partial charge in [0.2, 0.25) is 5.91 Å². The fraction of sp³-hybridized carbons (Fsp3) is 0.533. The summed E-state index contributed by atoms with van der Waals surface area (Å²) >= 11 is 0. The Balaban J connectivity index is 2.01. The second-order valence-corrected chi connectivity index (χ2v) is 5.68. The quantitative estimate of drug-likeness (QED) is 0.876. The Morgan fingerprint density at radius 2 is 2.00 bits per heavy atom. The molecule has 3 heterocycles. The number of likely N-dealkylation sites (tertiary alicyclic amines) is 1. The number of hydrogen-bond donors (Lipinski definition) is 0. The molecule has 1 saturated heterocycles. The Bertz CT molecular complexity index is 720. The standard InChI is InChI=1S/C15H18F2N4O/c1-9-7-11(14(16)17)13-10(2)19-21(15(13)18-9)8-12(22)20-5-3-4-6-20/h7,14H,3-6,8H2,1-2H3. The number of fused-ring (bicyclic) bond motifs is 1. The third-order valence-electron chi connectivity index (χ3n) is 4.01. The van der Waals surface area contributed by atoms with Crippen LogP contribution in [0.25, 0.3) is 11.0 Å². The zero-order valence-electron chi connectivity index (χ0n) is 12.6. The van der Waals surface area contributed by atoms with E-state index in [9.17, 15) is 13.6 Å². The maximum absolute atomic E-state index is 13.2. The predicted molar refractivity (Wildman–Crippen MR) is 77.8 cm³/mol. The van der Waals surface area contributed by atoms with E-state index in [2.05, 4.69) is 10.1 Å². The number of amides is 1. The Hall–Kier alpha value is -2.05. The van der Waals surface area contributed by atoms with Gasteiger partial charge in [-0.15, -0.1) is 0 Å². The normalized spacial score (nSPS) is 15.2. The fourth-order valence-corrected chi connectivity index (χ4v) is 2.99. The van der Waals surface area contributed by atoms with Crippen LogP contribution in [-0.4, -0.2) is 38.7 Å². The second-order valence-electron chi connectivity index (χ2n) is 5.68. The van der Waals surface area contributed by atoms with Crippen LogP contribution in [0.3, 0.4) is 0 Å². The third-order valence-corrected chi connectivity index (χ3v) is 4.01. The predicted octanol–water partition coefficient (Wildman–Crippen LogP) is 2.61. The summed E-state index contributed by atoms with van der Waals surface area (Å²) in [4.78, 5) is 18.4. The molecule has 7 heteroatoms. The smallest absolute Gasteiger partial charge is 0.264 e. The average molecular weight is 308 g/mol. The minimum absolute atomic E-state index is 0.0381. The highest BCUT2D eigenvalue weighted by atomic mass is 19.3. The maximum Gasteiger partial charge on any atom is 0.264 e.